The Hall–Kier alpha value is -1.52. The fraction of sp³-hybridized carbons (Fsp3) is 0.154. The molecular formula is C13H11ClO3S. The van der Waals surface area contributed by atoms with Crippen molar-refractivity contribution in [2.75, 3.05) is 6.61 Å². The Bertz CT molecular complexity index is 537. The zero-order valence-electron chi connectivity index (χ0n) is 9.43. The van der Waals surface area contributed by atoms with Crippen molar-refractivity contribution >= 4 is 28.9 Å². The summed E-state index contributed by atoms with van der Waals surface area (Å²) in [5, 5.41) is 13.5. The molecule has 0 aliphatic carbocycles. The monoisotopic (exact) mass is 282 g/mol. The van der Waals surface area contributed by atoms with Gasteiger partial charge in [0.25, 0.3) is 0 Å². The largest absolute Gasteiger partial charge is 0.492 e. The van der Waals surface area contributed by atoms with E-state index in [1.807, 2.05) is 16.8 Å². The van der Waals surface area contributed by atoms with Crippen LogP contribution in [0.4, 0.5) is 0 Å². The lowest BCUT2D eigenvalue weighted by atomic mass is 10.2. The number of thiophene rings is 1. The number of carboxylic acids is 1. The number of ether oxygens (including phenoxy) is 1. The second-order valence-electron chi connectivity index (χ2n) is 3.68. The Balaban J connectivity index is 2.02. The van der Waals surface area contributed by atoms with Crippen LogP contribution < -0.4 is 4.74 Å². The number of benzene rings is 1. The zero-order chi connectivity index (χ0) is 13.0. The Morgan fingerprint density at radius 2 is 2.22 bits per heavy atom. The SMILES string of the molecule is O=C(O)c1cc(Cl)ccc1OCCc1ccsc1. The van der Waals surface area contributed by atoms with Gasteiger partial charge in [-0.1, -0.05) is 11.6 Å². The highest BCUT2D eigenvalue weighted by molar-refractivity contribution is 7.07. The van der Waals surface area contributed by atoms with Crippen LogP contribution in [0.25, 0.3) is 0 Å². The van der Waals surface area contributed by atoms with Gasteiger partial charge in [-0.2, -0.15) is 11.3 Å². The first-order chi connectivity index (χ1) is 8.66. The predicted molar refractivity (Wildman–Crippen MR) is 71.9 cm³/mol. The van der Waals surface area contributed by atoms with Crippen LogP contribution >= 0.6 is 22.9 Å². The molecule has 0 aliphatic rings. The number of carboxylic acid groups (broad SMARTS) is 1. The van der Waals surface area contributed by atoms with Gasteiger partial charge in [-0.15, -0.1) is 0 Å². The molecule has 0 bridgehead atoms. The van der Waals surface area contributed by atoms with Gasteiger partial charge >= 0.3 is 5.97 Å². The average molecular weight is 283 g/mol. The minimum atomic E-state index is -1.04. The van der Waals surface area contributed by atoms with Gasteiger partial charge in [0, 0.05) is 11.4 Å². The molecule has 0 radical (unpaired) electrons. The molecule has 1 heterocycles. The number of carbonyl (C=O) groups is 1. The Morgan fingerprint density at radius 1 is 1.39 bits per heavy atom. The van der Waals surface area contributed by atoms with E-state index >= 15 is 0 Å². The summed E-state index contributed by atoms with van der Waals surface area (Å²) in [5.41, 5.74) is 1.28. The van der Waals surface area contributed by atoms with Crippen molar-refractivity contribution in [3.05, 3.63) is 51.2 Å². The van der Waals surface area contributed by atoms with E-state index in [-0.39, 0.29) is 5.56 Å². The van der Waals surface area contributed by atoms with Crippen LogP contribution in [0.5, 0.6) is 5.75 Å². The van der Waals surface area contributed by atoms with Gasteiger partial charge in [0.1, 0.15) is 11.3 Å². The van der Waals surface area contributed by atoms with E-state index in [9.17, 15) is 4.79 Å². The Kier molecular flexibility index (Phi) is 4.23. The molecule has 1 aromatic carbocycles. The lowest BCUT2D eigenvalue weighted by Crippen LogP contribution is -2.06. The third-order valence-corrected chi connectivity index (χ3v) is 3.37. The van der Waals surface area contributed by atoms with Gasteiger partial charge in [0.05, 0.1) is 6.61 Å². The summed E-state index contributed by atoms with van der Waals surface area (Å²) < 4.78 is 5.49. The third kappa shape index (κ3) is 3.24. The Morgan fingerprint density at radius 3 is 2.89 bits per heavy atom. The van der Waals surface area contributed by atoms with E-state index in [0.29, 0.717) is 17.4 Å². The van der Waals surface area contributed by atoms with Crippen LogP contribution in [0, 0.1) is 0 Å². The highest BCUT2D eigenvalue weighted by Crippen LogP contribution is 2.23. The smallest absolute Gasteiger partial charge is 0.339 e. The van der Waals surface area contributed by atoms with Gasteiger partial charge < -0.3 is 9.84 Å². The molecule has 0 atom stereocenters. The molecule has 0 aliphatic heterocycles. The topological polar surface area (TPSA) is 46.5 Å². The number of aromatic carboxylic acids is 1. The molecule has 1 N–H and O–H groups in total. The van der Waals surface area contributed by atoms with Gasteiger partial charge in [-0.05, 0) is 40.6 Å². The fourth-order valence-corrected chi connectivity index (χ4v) is 2.38. The molecule has 0 fully saturated rings. The molecule has 0 saturated carbocycles. The second-order valence-corrected chi connectivity index (χ2v) is 4.89. The molecule has 3 nitrogen and oxygen atoms in total. The summed E-state index contributed by atoms with van der Waals surface area (Å²) in [6, 6.07) is 6.62. The number of rotatable bonds is 5. The molecule has 1 aromatic heterocycles. The summed E-state index contributed by atoms with van der Waals surface area (Å²) in [6.07, 6.45) is 0.755. The lowest BCUT2D eigenvalue weighted by Gasteiger charge is -2.08. The molecule has 0 unspecified atom stereocenters. The number of halogens is 1. The summed E-state index contributed by atoms with van der Waals surface area (Å²) >= 11 is 7.39. The quantitative estimate of drug-likeness (QED) is 0.909. The van der Waals surface area contributed by atoms with Crippen LogP contribution in [0.15, 0.2) is 35.0 Å². The maximum absolute atomic E-state index is 11.0. The molecule has 2 aromatic rings. The zero-order valence-corrected chi connectivity index (χ0v) is 11.0. The van der Waals surface area contributed by atoms with Gasteiger partial charge in [0.2, 0.25) is 0 Å². The van der Waals surface area contributed by atoms with Crippen LogP contribution in [0.1, 0.15) is 15.9 Å². The minimum Gasteiger partial charge on any atom is -0.492 e. The van der Waals surface area contributed by atoms with Crippen molar-refractivity contribution in [2.45, 2.75) is 6.42 Å². The molecule has 18 heavy (non-hydrogen) atoms. The van der Waals surface area contributed by atoms with E-state index in [2.05, 4.69) is 0 Å². The maximum atomic E-state index is 11.0. The van der Waals surface area contributed by atoms with Gasteiger partial charge in [-0.25, -0.2) is 4.79 Å². The van der Waals surface area contributed by atoms with E-state index in [1.54, 1.807) is 23.5 Å². The minimum absolute atomic E-state index is 0.0906. The summed E-state index contributed by atoms with van der Waals surface area (Å²) in [6.45, 7) is 0.443. The molecule has 94 valence electrons. The second kappa shape index (κ2) is 5.89. The van der Waals surface area contributed by atoms with Crippen LogP contribution in [0.2, 0.25) is 5.02 Å². The van der Waals surface area contributed by atoms with Crippen LogP contribution in [0.3, 0.4) is 0 Å². The first kappa shape index (κ1) is 12.9. The van der Waals surface area contributed by atoms with E-state index in [4.69, 9.17) is 21.4 Å². The van der Waals surface area contributed by atoms with E-state index < -0.39 is 5.97 Å². The van der Waals surface area contributed by atoms with Crippen molar-refractivity contribution in [3.8, 4) is 5.75 Å². The third-order valence-electron chi connectivity index (χ3n) is 2.40. The average Bonchev–Trinajstić information content (AvgIpc) is 2.84. The summed E-state index contributed by atoms with van der Waals surface area (Å²) in [5.74, 6) is -0.690. The number of hydrogen-bond acceptors (Lipinski definition) is 3. The van der Waals surface area contributed by atoms with Gasteiger partial charge in [0.15, 0.2) is 0 Å². The maximum Gasteiger partial charge on any atom is 0.339 e. The Labute approximate surface area is 114 Å². The fourth-order valence-electron chi connectivity index (χ4n) is 1.51. The molecule has 0 saturated heterocycles. The van der Waals surface area contributed by atoms with E-state index in [0.717, 1.165) is 6.42 Å². The van der Waals surface area contributed by atoms with E-state index in [1.165, 1.54) is 11.6 Å². The lowest BCUT2D eigenvalue weighted by molar-refractivity contribution is 0.0692. The molecular weight excluding hydrogens is 272 g/mol. The van der Waals surface area contributed by atoms with Crippen LogP contribution in [-0.2, 0) is 6.42 Å². The van der Waals surface area contributed by atoms with Crippen molar-refractivity contribution in [1.29, 1.82) is 0 Å². The van der Waals surface area contributed by atoms with Crippen molar-refractivity contribution < 1.29 is 14.6 Å². The molecule has 0 spiro atoms. The highest BCUT2D eigenvalue weighted by Gasteiger charge is 2.11. The molecule has 5 heteroatoms. The molecule has 2 rings (SSSR count). The first-order valence-corrected chi connectivity index (χ1v) is 6.65. The van der Waals surface area contributed by atoms with Crippen LogP contribution in [-0.4, -0.2) is 17.7 Å². The normalized spacial score (nSPS) is 10.3. The van der Waals surface area contributed by atoms with Crippen molar-refractivity contribution in [1.82, 2.24) is 0 Å². The summed E-state index contributed by atoms with van der Waals surface area (Å²) in [7, 11) is 0. The highest BCUT2D eigenvalue weighted by atomic mass is 35.5. The predicted octanol–water partition coefficient (Wildman–Crippen LogP) is 3.72. The van der Waals surface area contributed by atoms with Crippen molar-refractivity contribution in [3.63, 3.8) is 0 Å². The molecule has 0 amide bonds. The standard InChI is InChI=1S/C13H11ClO3S/c14-10-1-2-12(11(7-10)13(15)16)17-5-3-9-4-6-18-8-9/h1-2,4,6-8H,3,5H2,(H,15,16). The number of hydrogen-bond donors (Lipinski definition) is 1. The first-order valence-electron chi connectivity index (χ1n) is 5.33. The van der Waals surface area contributed by atoms with Crippen molar-refractivity contribution in [2.24, 2.45) is 0 Å². The van der Waals surface area contributed by atoms with Gasteiger partial charge in [-0.3, -0.25) is 0 Å². The summed E-state index contributed by atoms with van der Waals surface area (Å²) in [4.78, 5) is 11.0.